The molecule has 0 radical (unpaired) electrons. The van der Waals surface area contributed by atoms with E-state index in [0.29, 0.717) is 12.3 Å². The molecule has 0 bridgehead atoms. The molecule has 1 aliphatic rings. The predicted octanol–water partition coefficient (Wildman–Crippen LogP) is 3.35. The summed E-state index contributed by atoms with van der Waals surface area (Å²) in [6.45, 7) is 4.41. The lowest BCUT2D eigenvalue weighted by Crippen LogP contribution is -2.47. The van der Waals surface area contributed by atoms with Gasteiger partial charge in [0, 0.05) is 19.2 Å². The van der Waals surface area contributed by atoms with Gasteiger partial charge in [-0.05, 0) is 12.0 Å². The Morgan fingerprint density at radius 2 is 1.96 bits per heavy atom. The van der Waals surface area contributed by atoms with E-state index in [4.69, 9.17) is 0 Å². The predicted molar refractivity (Wildman–Crippen MR) is 95.1 cm³/mol. The molecule has 1 aliphatic heterocycles. The number of carbonyl (C=O) groups excluding carboxylic acids is 2. The van der Waals surface area contributed by atoms with Crippen molar-refractivity contribution in [3.05, 3.63) is 35.9 Å². The fourth-order valence-corrected chi connectivity index (χ4v) is 4.33. The van der Waals surface area contributed by atoms with Crippen LogP contribution in [0.5, 0.6) is 0 Å². The van der Waals surface area contributed by atoms with Crippen molar-refractivity contribution < 1.29 is 9.59 Å². The van der Waals surface area contributed by atoms with Crippen LogP contribution in [0.3, 0.4) is 0 Å². The quantitative estimate of drug-likeness (QED) is 0.778. The zero-order chi connectivity index (χ0) is 16.7. The zero-order valence-corrected chi connectivity index (χ0v) is 14.8. The van der Waals surface area contributed by atoms with Crippen LogP contribution in [0.15, 0.2) is 30.3 Å². The highest BCUT2D eigenvalue weighted by Crippen LogP contribution is 2.41. The Kier molecular flexibility index (Phi) is 6.96. The van der Waals surface area contributed by atoms with E-state index in [0.717, 1.165) is 18.4 Å². The van der Waals surface area contributed by atoms with Gasteiger partial charge in [0.25, 0.3) is 0 Å². The molecule has 1 saturated heterocycles. The summed E-state index contributed by atoms with van der Waals surface area (Å²) in [5, 5.41) is 2.93. The smallest absolute Gasteiger partial charge is 0.243 e. The van der Waals surface area contributed by atoms with E-state index in [2.05, 4.69) is 12.2 Å². The Morgan fingerprint density at radius 1 is 1.22 bits per heavy atom. The molecule has 5 heteroatoms. The Bertz CT molecular complexity index is 521. The van der Waals surface area contributed by atoms with Crippen LogP contribution >= 0.6 is 11.8 Å². The summed E-state index contributed by atoms with van der Waals surface area (Å²) in [6.07, 6.45) is 4.52. The molecule has 0 aromatic heterocycles. The summed E-state index contributed by atoms with van der Waals surface area (Å²) >= 11 is 1.66. The lowest BCUT2D eigenvalue weighted by molar-refractivity contribution is -0.138. The lowest BCUT2D eigenvalue weighted by atomic mass is 10.1. The van der Waals surface area contributed by atoms with Gasteiger partial charge in [-0.1, -0.05) is 56.5 Å². The molecule has 1 aromatic rings. The maximum absolute atomic E-state index is 12.5. The van der Waals surface area contributed by atoms with Gasteiger partial charge < -0.3 is 10.2 Å². The van der Waals surface area contributed by atoms with E-state index in [1.54, 1.807) is 23.6 Å². The van der Waals surface area contributed by atoms with Gasteiger partial charge in [0.1, 0.15) is 11.4 Å². The van der Waals surface area contributed by atoms with Crippen molar-refractivity contribution in [3.63, 3.8) is 0 Å². The summed E-state index contributed by atoms with van der Waals surface area (Å²) < 4.78 is 0. The average molecular weight is 334 g/mol. The van der Waals surface area contributed by atoms with Crippen molar-refractivity contribution in [1.82, 2.24) is 10.2 Å². The molecule has 126 valence electrons. The van der Waals surface area contributed by atoms with Crippen molar-refractivity contribution >= 4 is 23.6 Å². The number of amides is 2. The Balaban J connectivity index is 1.96. The van der Waals surface area contributed by atoms with Crippen LogP contribution in [0, 0.1) is 0 Å². The Morgan fingerprint density at radius 3 is 2.61 bits per heavy atom. The number of hydrogen-bond donors (Lipinski definition) is 1. The highest BCUT2D eigenvalue weighted by atomic mass is 32.2. The standard InChI is InChI=1S/C18H26N2O2S/c1-3-4-5-9-12-19-17(22)16-13-23-18(20(16)14(2)21)15-10-7-6-8-11-15/h6-8,10-11,16,18H,3-5,9,12-13H2,1-2H3,(H,19,22). The van der Waals surface area contributed by atoms with Crippen molar-refractivity contribution in [2.24, 2.45) is 0 Å². The largest absolute Gasteiger partial charge is 0.354 e. The second-order valence-electron chi connectivity index (χ2n) is 5.89. The van der Waals surface area contributed by atoms with E-state index in [9.17, 15) is 9.59 Å². The van der Waals surface area contributed by atoms with Crippen molar-refractivity contribution in [1.29, 1.82) is 0 Å². The van der Waals surface area contributed by atoms with E-state index in [1.165, 1.54) is 12.8 Å². The zero-order valence-electron chi connectivity index (χ0n) is 14.0. The first-order chi connectivity index (χ1) is 11.1. The van der Waals surface area contributed by atoms with Crippen LogP contribution < -0.4 is 5.32 Å². The normalized spacial score (nSPS) is 20.5. The minimum absolute atomic E-state index is 0.0253. The third kappa shape index (κ3) is 4.74. The monoisotopic (exact) mass is 334 g/mol. The minimum Gasteiger partial charge on any atom is -0.354 e. The van der Waals surface area contributed by atoms with Crippen LogP contribution in [-0.4, -0.2) is 35.1 Å². The van der Waals surface area contributed by atoms with Crippen LogP contribution in [0.2, 0.25) is 0 Å². The van der Waals surface area contributed by atoms with Gasteiger partial charge in [-0.2, -0.15) is 0 Å². The fourth-order valence-electron chi connectivity index (χ4n) is 2.85. The third-order valence-electron chi connectivity index (χ3n) is 4.08. The summed E-state index contributed by atoms with van der Waals surface area (Å²) in [5.74, 6) is 0.581. The van der Waals surface area contributed by atoms with Crippen molar-refractivity contribution in [3.8, 4) is 0 Å². The summed E-state index contributed by atoms with van der Waals surface area (Å²) in [6, 6.07) is 9.55. The lowest BCUT2D eigenvalue weighted by Gasteiger charge is -2.27. The second kappa shape index (κ2) is 8.96. The summed E-state index contributed by atoms with van der Waals surface area (Å²) in [5.41, 5.74) is 1.07. The number of rotatable bonds is 7. The summed E-state index contributed by atoms with van der Waals surface area (Å²) in [7, 11) is 0. The van der Waals surface area contributed by atoms with E-state index in [-0.39, 0.29) is 23.2 Å². The van der Waals surface area contributed by atoms with Crippen LogP contribution in [0.1, 0.15) is 50.5 Å². The minimum atomic E-state index is -0.367. The van der Waals surface area contributed by atoms with Gasteiger partial charge in [0.2, 0.25) is 11.8 Å². The molecule has 1 fully saturated rings. The van der Waals surface area contributed by atoms with Crippen LogP contribution in [-0.2, 0) is 9.59 Å². The van der Waals surface area contributed by atoms with Crippen molar-refractivity contribution in [2.75, 3.05) is 12.3 Å². The number of nitrogens with one attached hydrogen (secondary N) is 1. The number of thioether (sulfide) groups is 1. The molecular formula is C18H26N2O2S. The maximum atomic E-state index is 12.5. The Labute approximate surface area is 143 Å². The molecular weight excluding hydrogens is 308 g/mol. The number of nitrogens with zero attached hydrogens (tertiary/aromatic N) is 1. The molecule has 1 aromatic carbocycles. The van der Waals surface area contributed by atoms with Crippen LogP contribution in [0.25, 0.3) is 0 Å². The first-order valence-corrected chi connectivity index (χ1v) is 9.43. The first kappa shape index (κ1) is 17.9. The molecule has 0 spiro atoms. The fraction of sp³-hybridized carbons (Fsp3) is 0.556. The van der Waals surface area contributed by atoms with Gasteiger partial charge in [0.15, 0.2) is 0 Å². The SMILES string of the molecule is CCCCCCNC(=O)C1CSC(c2ccccc2)N1C(C)=O. The maximum Gasteiger partial charge on any atom is 0.243 e. The molecule has 2 unspecified atom stereocenters. The molecule has 4 nitrogen and oxygen atoms in total. The van der Waals surface area contributed by atoms with Gasteiger partial charge >= 0.3 is 0 Å². The van der Waals surface area contributed by atoms with Crippen molar-refractivity contribution in [2.45, 2.75) is 50.9 Å². The molecule has 1 heterocycles. The summed E-state index contributed by atoms with van der Waals surface area (Å²) in [4.78, 5) is 26.3. The van der Waals surface area contributed by atoms with E-state index < -0.39 is 0 Å². The average Bonchev–Trinajstić information content (AvgIpc) is 3.00. The van der Waals surface area contributed by atoms with E-state index >= 15 is 0 Å². The molecule has 2 rings (SSSR count). The molecule has 2 amide bonds. The topological polar surface area (TPSA) is 49.4 Å². The van der Waals surface area contributed by atoms with Gasteiger partial charge in [-0.25, -0.2) is 0 Å². The molecule has 23 heavy (non-hydrogen) atoms. The molecule has 2 atom stereocenters. The van der Waals surface area contributed by atoms with Gasteiger partial charge in [-0.15, -0.1) is 11.8 Å². The molecule has 0 aliphatic carbocycles. The second-order valence-corrected chi connectivity index (χ2v) is 7.00. The van der Waals surface area contributed by atoms with Gasteiger partial charge in [0.05, 0.1) is 0 Å². The molecule has 0 saturated carbocycles. The van der Waals surface area contributed by atoms with E-state index in [1.807, 2.05) is 30.3 Å². The first-order valence-electron chi connectivity index (χ1n) is 8.38. The Hall–Kier alpha value is -1.49. The number of carbonyl (C=O) groups is 2. The highest BCUT2D eigenvalue weighted by molar-refractivity contribution is 7.99. The number of unbranched alkanes of at least 4 members (excludes halogenated alkanes) is 3. The third-order valence-corrected chi connectivity index (χ3v) is 5.40. The number of hydrogen-bond acceptors (Lipinski definition) is 3. The van der Waals surface area contributed by atoms with Gasteiger partial charge in [-0.3, -0.25) is 9.59 Å². The number of benzene rings is 1. The van der Waals surface area contributed by atoms with Crippen LogP contribution in [0.4, 0.5) is 0 Å². The highest BCUT2D eigenvalue weighted by Gasteiger charge is 2.40. The molecule has 1 N–H and O–H groups in total.